The number of aliphatic imine (C=N–C) groups is 1. The van der Waals surface area contributed by atoms with Crippen molar-refractivity contribution in [2.45, 2.75) is 52.7 Å². The standard InChI is InChI=1S/C22H33N5O2.HI/c1-4-23-22(24-10-5-6-18-14-26-27-17(18)3)25-13-19-8-7-16(2)12-21(19)29-20-9-11-28-15-20;/h7-8,12,14,20H,4-6,9-11,13,15H2,1-3H3,(H,26,27)(H2,23,24,25);1H. The van der Waals surface area contributed by atoms with Crippen LogP contribution >= 0.6 is 24.0 Å². The Balaban J connectivity index is 0.00000320. The molecule has 0 bridgehead atoms. The van der Waals surface area contributed by atoms with Crippen LogP contribution in [0.2, 0.25) is 0 Å². The van der Waals surface area contributed by atoms with E-state index in [4.69, 9.17) is 14.5 Å². The molecular weight excluding hydrogens is 493 g/mol. The van der Waals surface area contributed by atoms with E-state index in [9.17, 15) is 0 Å². The summed E-state index contributed by atoms with van der Waals surface area (Å²) in [4.78, 5) is 4.77. The third-order valence-electron chi connectivity index (χ3n) is 5.01. The van der Waals surface area contributed by atoms with Gasteiger partial charge >= 0.3 is 0 Å². The van der Waals surface area contributed by atoms with Crippen LogP contribution in [0.25, 0.3) is 0 Å². The molecule has 8 heteroatoms. The highest BCUT2D eigenvalue weighted by atomic mass is 127. The third-order valence-corrected chi connectivity index (χ3v) is 5.01. The van der Waals surface area contributed by atoms with E-state index < -0.39 is 0 Å². The summed E-state index contributed by atoms with van der Waals surface area (Å²) in [5, 5.41) is 13.8. The lowest BCUT2D eigenvalue weighted by atomic mass is 10.1. The third kappa shape index (κ3) is 7.46. The molecule has 2 aromatic rings. The molecule has 0 saturated carbocycles. The molecule has 1 aromatic heterocycles. The van der Waals surface area contributed by atoms with Gasteiger partial charge in [-0.05, 0) is 50.8 Å². The predicted molar refractivity (Wildman–Crippen MR) is 131 cm³/mol. The van der Waals surface area contributed by atoms with E-state index in [1.54, 1.807) is 0 Å². The molecule has 3 rings (SSSR count). The van der Waals surface area contributed by atoms with Crippen molar-refractivity contribution in [2.24, 2.45) is 4.99 Å². The maximum atomic E-state index is 6.19. The average Bonchev–Trinajstić information content (AvgIpc) is 3.36. The fourth-order valence-corrected chi connectivity index (χ4v) is 3.31. The molecule has 3 N–H and O–H groups in total. The lowest BCUT2D eigenvalue weighted by Gasteiger charge is -2.16. The van der Waals surface area contributed by atoms with Crippen molar-refractivity contribution in [1.82, 2.24) is 20.8 Å². The Bertz CT molecular complexity index is 803. The van der Waals surface area contributed by atoms with Gasteiger partial charge < -0.3 is 20.1 Å². The molecule has 1 fully saturated rings. The number of H-pyrrole nitrogens is 1. The van der Waals surface area contributed by atoms with Gasteiger partial charge in [0.15, 0.2) is 5.96 Å². The number of nitrogens with zero attached hydrogens (tertiary/aromatic N) is 2. The molecular formula is C22H34IN5O2. The first-order chi connectivity index (χ1) is 14.2. The van der Waals surface area contributed by atoms with Crippen LogP contribution in [0.3, 0.4) is 0 Å². The van der Waals surface area contributed by atoms with Gasteiger partial charge in [-0.25, -0.2) is 4.99 Å². The van der Waals surface area contributed by atoms with E-state index in [0.29, 0.717) is 13.2 Å². The highest BCUT2D eigenvalue weighted by Crippen LogP contribution is 2.24. The quantitative estimate of drug-likeness (QED) is 0.201. The monoisotopic (exact) mass is 527 g/mol. The first-order valence-corrected chi connectivity index (χ1v) is 10.5. The van der Waals surface area contributed by atoms with Gasteiger partial charge in [-0.2, -0.15) is 5.10 Å². The average molecular weight is 527 g/mol. The first-order valence-electron chi connectivity index (χ1n) is 10.5. The van der Waals surface area contributed by atoms with Crippen molar-refractivity contribution in [1.29, 1.82) is 0 Å². The summed E-state index contributed by atoms with van der Waals surface area (Å²) >= 11 is 0. The van der Waals surface area contributed by atoms with Gasteiger partial charge in [0.2, 0.25) is 0 Å². The molecule has 1 atom stereocenters. The molecule has 1 unspecified atom stereocenters. The number of guanidine groups is 1. The second-order valence-corrected chi connectivity index (χ2v) is 7.46. The van der Waals surface area contributed by atoms with E-state index in [0.717, 1.165) is 61.9 Å². The van der Waals surface area contributed by atoms with Crippen LogP contribution < -0.4 is 15.4 Å². The lowest BCUT2D eigenvalue weighted by molar-refractivity contribution is 0.140. The van der Waals surface area contributed by atoms with Gasteiger partial charge in [-0.15, -0.1) is 24.0 Å². The Kier molecular flexibility index (Phi) is 10.4. The smallest absolute Gasteiger partial charge is 0.191 e. The number of benzene rings is 1. The van der Waals surface area contributed by atoms with Crippen molar-refractivity contribution >= 4 is 29.9 Å². The van der Waals surface area contributed by atoms with Gasteiger partial charge in [0.25, 0.3) is 0 Å². The molecule has 1 aliphatic rings. The molecule has 0 amide bonds. The Morgan fingerprint density at radius 1 is 1.30 bits per heavy atom. The summed E-state index contributed by atoms with van der Waals surface area (Å²) < 4.78 is 11.6. The van der Waals surface area contributed by atoms with Crippen LogP contribution in [0.4, 0.5) is 0 Å². The number of aryl methyl sites for hydroxylation is 3. The van der Waals surface area contributed by atoms with Crippen LogP contribution in [-0.2, 0) is 17.7 Å². The lowest BCUT2D eigenvalue weighted by Crippen LogP contribution is -2.37. The summed E-state index contributed by atoms with van der Waals surface area (Å²) in [6.45, 7) is 9.90. The number of hydrogen-bond acceptors (Lipinski definition) is 4. The summed E-state index contributed by atoms with van der Waals surface area (Å²) in [6.07, 6.45) is 5.00. The number of aromatic amines is 1. The first kappa shape index (κ1) is 24.5. The molecule has 1 aliphatic heterocycles. The fourth-order valence-electron chi connectivity index (χ4n) is 3.31. The maximum Gasteiger partial charge on any atom is 0.191 e. The second-order valence-electron chi connectivity index (χ2n) is 7.46. The van der Waals surface area contributed by atoms with Gasteiger partial charge in [-0.1, -0.05) is 12.1 Å². The van der Waals surface area contributed by atoms with Gasteiger partial charge in [0, 0.05) is 30.8 Å². The summed E-state index contributed by atoms with van der Waals surface area (Å²) in [7, 11) is 0. The number of ether oxygens (including phenoxy) is 2. The van der Waals surface area contributed by atoms with E-state index in [1.807, 2.05) is 6.20 Å². The van der Waals surface area contributed by atoms with E-state index in [2.05, 4.69) is 59.8 Å². The minimum Gasteiger partial charge on any atom is -0.488 e. The minimum atomic E-state index is 0. The van der Waals surface area contributed by atoms with Crippen LogP contribution in [0.1, 0.15) is 42.1 Å². The van der Waals surface area contributed by atoms with E-state index >= 15 is 0 Å². The van der Waals surface area contributed by atoms with Crippen molar-refractivity contribution in [3.63, 3.8) is 0 Å². The van der Waals surface area contributed by atoms with Crippen molar-refractivity contribution < 1.29 is 9.47 Å². The number of aromatic nitrogens is 2. The fraction of sp³-hybridized carbons (Fsp3) is 0.545. The molecule has 30 heavy (non-hydrogen) atoms. The Morgan fingerprint density at radius 2 is 2.17 bits per heavy atom. The van der Waals surface area contributed by atoms with E-state index in [-0.39, 0.29) is 30.1 Å². The van der Waals surface area contributed by atoms with Gasteiger partial charge in [0.05, 0.1) is 26.0 Å². The Labute approximate surface area is 196 Å². The molecule has 1 aromatic carbocycles. The maximum absolute atomic E-state index is 6.19. The molecule has 1 saturated heterocycles. The van der Waals surface area contributed by atoms with Crippen LogP contribution in [0.15, 0.2) is 29.4 Å². The molecule has 0 radical (unpaired) electrons. The normalized spacial score (nSPS) is 16.2. The summed E-state index contributed by atoms with van der Waals surface area (Å²) in [6, 6.07) is 6.31. The van der Waals surface area contributed by atoms with Crippen LogP contribution in [0.5, 0.6) is 5.75 Å². The van der Waals surface area contributed by atoms with Crippen LogP contribution in [-0.4, -0.2) is 48.6 Å². The number of nitrogens with one attached hydrogen (secondary N) is 3. The van der Waals surface area contributed by atoms with Gasteiger partial charge in [-0.3, -0.25) is 5.10 Å². The van der Waals surface area contributed by atoms with Gasteiger partial charge in [0.1, 0.15) is 11.9 Å². The molecule has 7 nitrogen and oxygen atoms in total. The SMILES string of the molecule is CCNC(=NCc1ccc(C)cc1OC1CCOC1)NCCCc1cn[nH]c1C.I. The largest absolute Gasteiger partial charge is 0.488 e. The molecule has 2 heterocycles. The van der Waals surface area contributed by atoms with Crippen molar-refractivity contribution in [2.75, 3.05) is 26.3 Å². The second kappa shape index (κ2) is 12.8. The minimum absolute atomic E-state index is 0. The Morgan fingerprint density at radius 3 is 2.87 bits per heavy atom. The molecule has 0 spiro atoms. The zero-order valence-corrected chi connectivity index (χ0v) is 20.5. The van der Waals surface area contributed by atoms with Crippen molar-refractivity contribution in [3.8, 4) is 5.75 Å². The molecule has 0 aliphatic carbocycles. The number of rotatable bonds is 9. The highest BCUT2D eigenvalue weighted by molar-refractivity contribution is 14.0. The highest BCUT2D eigenvalue weighted by Gasteiger charge is 2.18. The predicted octanol–water partition coefficient (Wildman–Crippen LogP) is 3.50. The zero-order chi connectivity index (χ0) is 20.5. The Hall–Kier alpha value is -1.81. The zero-order valence-electron chi connectivity index (χ0n) is 18.2. The van der Waals surface area contributed by atoms with Crippen LogP contribution in [0, 0.1) is 13.8 Å². The molecule has 166 valence electrons. The topological polar surface area (TPSA) is 83.6 Å². The number of halogens is 1. The summed E-state index contributed by atoms with van der Waals surface area (Å²) in [5.41, 5.74) is 4.69. The summed E-state index contributed by atoms with van der Waals surface area (Å²) in [5.74, 6) is 1.74. The van der Waals surface area contributed by atoms with Crippen molar-refractivity contribution in [3.05, 3.63) is 46.8 Å². The number of hydrogen-bond donors (Lipinski definition) is 3. The van der Waals surface area contributed by atoms with E-state index in [1.165, 1.54) is 11.1 Å².